The maximum Gasteiger partial charge on any atom is 0.433 e. The van der Waals surface area contributed by atoms with Gasteiger partial charge in [0.25, 0.3) is 5.91 Å². The van der Waals surface area contributed by atoms with E-state index in [1.165, 1.54) is 11.3 Å². The average molecular weight is 304 g/mol. The van der Waals surface area contributed by atoms with Crippen LogP contribution in [0.4, 0.5) is 18.9 Å². The van der Waals surface area contributed by atoms with E-state index in [0.717, 1.165) is 18.3 Å². The summed E-state index contributed by atoms with van der Waals surface area (Å²) in [5, 5.41) is 4.14. The Bertz CT molecular complexity index is 593. The van der Waals surface area contributed by atoms with Crippen LogP contribution in [0.5, 0.6) is 0 Å². The molecule has 100 valence electrons. The summed E-state index contributed by atoms with van der Waals surface area (Å²) in [5.74, 6) is -0.410. The van der Waals surface area contributed by atoms with Crippen molar-refractivity contribution in [1.29, 1.82) is 0 Å². The third-order valence-corrected chi connectivity index (χ3v) is 3.48. The minimum atomic E-state index is -4.49. The predicted octanol–water partition coefficient (Wildman–Crippen LogP) is 3.70. The summed E-state index contributed by atoms with van der Waals surface area (Å²) in [6.07, 6.45) is -3.52. The van der Waals surface area contributed by atoms with Gasteiger partial charge in [0.15, 0.2) is 0 Å². The number of hydrogen-bond donors (Lipinski definition) is 2. The van der Waals surface area contributed by atoms with Gasteiger partial charge >= 0.3 is 6.18 Å². The number of halogens is 3. The molecule has 2 rings (SSSR count). The van der Waals surface area contributed by atoms with Crippen LogP contribution in [0.2, 0.25) is 0 Å². The summed E-state index contributed by atoms with van der Waals surface area (Å²) in [4.78, 5) is 16.0. The molecule has 3 nitrogen and oxygen atoms in total. The third kappa shape index (κ3) is 3.48. The van der Waals surface area contributed by atoms with E-state index in [1.807, 2.05) is 0 Å². The van der Waals surface area contributed by atoms with Crippen LogP contribution in [0.15, 0.2) is 34.7 Å². The van der Waals surface area contributed by atoms with Crippen molar-refractivity contribution in [2.24, 2.45) is 0 Å². The Labute approximate surface area is 115 Å². The van der Waals surface area contributed by atoms with E-state index in [1.54, 1.807) is 11.4 Å². The Morgan fingerprint density at radius 1 is 1.37 bits per heavy atom. The molecule has 0 aliphatic heterocycles. The van der Waals surface area contributed by atoms with Crippen molar-refractivity contribution in [2.45, 2.75) is 11.1 Å². The molecule has 2 heterocycles. The normalized spacial score (nSPS) is 11.4. The Morgan fingerprint density at radius 3 is 2.58 bits per heavy atom. The van der Waals surface area contributed by atoms with Crippen molar-refractivity contribution in [3.8, 4) is 0 Å². The molecule has 0 bridgehead atoms. The number of carbonyl (C=O) groups is 1. The Hall–Kier alpha value is -1.54. The van der Waals surface area contributed by atoms with E-state index in [0.29, 0.717) is 9.77 Å². The van der Waals surface area contributed by atoms with E-state index in [2.05, 4.69) is 22.9 Å². The number of thiol groups is 1. The molecule has 0 saturated carbocycles. The maximum absolute atomic E-state index is 12.3. The second-order valence-corrected chi connectivity index (χ2v) is 4.98. The fourth-order valence-corrected chi connectivity index (χ4v) is 2.32. The molecule has 0 unspecified atom stereocenters. The largest absolute Gasteiger partial charge is 0.433 e. The lowest BCUT2D eigenvalue weighted by Crippen LogP contribution is -2.12. The first kappa shape index (κ1) is 13.9. The SMILES string of the molecule is O=C(Nc1ccc(C(F)(F)F)nc1)c1cc(S)cs1. The topological polar surface area (TPSA) is 42.0 Å². The number of thiophene rings is 1. The molecule has 1 amide bonds. The monoisotopic (exact) mass is 304 g/mol. The van der Waals surface area contributed by atoms with Gasteiger partial charge in [-0.1, -0.05) is 0 Å². The van der Waals surface area contributed by atoms with Crippen LogP contribution in [-0.4, -0.2) is 10.9 Å². The predicted molar refractivity (Wildman–Crippen MR) is 68.8 cm³/mol. The van der Waals surface area contributed by atoms with E-state index in [4.69, 9.17) is 0 Å². The van der Waals surface area contributed by atoms with Crippen molar-refractivity contribution in [3.05, 3.63) is 40.3 Å². The van der Waals surface area contributed by atoms with Crippen LogP contribution < -0.4 is 5.32 Å². The molecule has 0 aliphatic carbocycles. The first-order chi connectivity index (χ1) is 8.86. The number of rotatable bonds is 2. The average Bonchev–Trinajstić information content (AvgIpc) is 2.75. The summed E-state index contributed by atoms with van der Waals surface area (Å²) in [6.45, 7) is 0. The Kier molecular flexibility index (Phi) is 3.81. The Balaban J connectivity index is 2.10. The summed E-state index contributed by atoms with van der Waals surface area (Å²) < 4.78 is 36.9. The van der Waals surface area contributed by atoms with Gasteiger partial charge in [-0.25, -0.2) is 4.98 Å². The number of nitrogens with zero attached hydrogens (tertiary/aromatic N) is 1. The van der Waals surface area contributed by atoms with E-state index in [-0.39, 0.29) is 5.69 Å². The first-order valence-electron chi connectivity index (χ1n) is 4.98. The van der Waals surface area contributed by atoms with Crippen LogP contribution in [0, 0.1) is 0 Å². The molecule has 0 aliphatic rings. The van der Waals surface area contributed by atoms with Gasteiger partial charge in [0, 0.05) is 10.3 Å². The smallest absolute Gasteiger partial charge is 0.320 e. The van der Waals surface area contributed by atoms with E-state index in [9.17, 15) is 18.0 Å². The van der Waals surface area contributed by atoms with E-state index >= 15 is 0 Å². The van der Waals surface area contributed by atoms with Crippen LogP contribution in [-0.2, 0) is 6.18 Å². The molecule has 0 saturated heterocycles. The van der Waals surface area contributed by atoms with Crippen LogP contribution in [0.3, 0.4) is 0 Å². The van der Waals surface area contributed by atoms with Gasteiger partial charge in [0.1, 0.15) is 5.69 Å². The number of aromatic nitrogens is 1. The molecule has 0 fully saturated rings. The summed E-state index contributed by atoms with van der Waals surface area (Å²) in [7, 11) is 0. The highest BCUT2D eigenvalue weighted by Gasteiger charge is 2.32. The Morgan fingerprint density at radius 2 is 2.11 bits per heavy atom. The highest BCUT2D eigenvalue weighted by molar-refractivity contribution is 7.80. The fraction of sp³-hybridized carbons (Fsp3) is 0.0909. The second kappa shape index (κ2) is 5.22. The zero-order valence-electron chi connectivity index (χ0n) is 9.23. The lowest BCUT2D eigenvalue weighted by Gasteiger charge is -2.07. The molecule has 2 aromatic rings. The number of hydrogen-bond acceptors (Lipinski definition) is 4. The maximum atomic E-state index is 12.3. The summed E-state index contributed by atoms with van der Waals surface area (Å²) >= 11 is 5.26. The van der Waals surface area contributed by atoms with Gasteiger partial charge in [-0.3, -0.25) is 4.79 Å². The van der Waals surface area contributed by atoms with Crippen LogP contribution in [0.25, 0.3) is 0 Å². The lowest BCUT2D eigenvalue weighted by molar-refractivity contribution is -0.141. The third-order valence-electron chi connectivity index (χ3n) is 2.12. The molecule has 2 aromatic heterocycles. The summed E-state index contributed by atoms with van der Waals surface area (Å²) in [5.41, 5.74) is -0.800. The fourth-order valence-electron chi connectivity index (χ4n) is 1.27. The molecule has 8 heteroatoms. The lowest BCUT2D eigenvalue weighted by atomic mass is 10.3. The standard InChI is InChI=1S/C11H7F3N2OS2/c12-11(13,14)9-2-1-6(4-15-9)16-10(17)8-3-7(18)5-19-8/h1-5,18H,(H,16,17). The van der Waals surface area contributed by atoms with Gasteiger partial charge in [-0.2, -0.15) is 13.2 Å². The molecular weight excluding hydrogens is 297 g/mol. The van der Waals surface area contributed by atoms with Crippen LogP contribution in [0.1, 0.15) is 15.4 Å². The number of carbonyl (C=O) groups excluding carboxylic acids is 1. The number of alkyl halides is 3. The zero-order valence-corrected chi connectivity index (χ0v) is 10.9. The van der Waals surface area contributed by atoms with Gasteiger partial charge < -0.3 is 5.32 Å². The van der Waals surface area contributed by atoms with Gasteiger partial charge in [0.2, 0.25) is 0 Å². The quantitative estimate of drug-likeness (QED) is 0.831. The van der Waals surface area contributed by atoms with Gasteiger partial charge in [-0.05, 0) is 18.2 Å². The number of amides is 1. The van der Waals surface area contributed by atoms with Gasteiger partial charge in [0.05, 0.1) is 16.8 Å². The highest BCUT2D eigenvalue weighted by atomic mass is 32.1. The molecule has 0 aromatic carbocycles. The second-order valence-electron chi connectivity index (χ2n) is 3.55. The molecule has 1 N–H and O–H groups in total. The van der Waals surface area contributed by atoms with Crippen molar-refractivity contribution in [3.63, 3.8) is 0 Å². The number of pyridine rings is 1. The van der Waals surface area contributed by atoms with Crippen molar-refractivity contribution in [2.75, 3.05) is 5.32 Å². The van der Waals surface area contributed by atoms with Crippen LogP contribution >= 0.6 is 24.0 Å². The molecule has 0 atom stereocenters. The summed E-state index contributed by atoms with van der Waals surface area (Å²) in [6, 6.07) is 3.54. The zero-order chi connectivity index (χ0) is 14.0. The molecule has 19 heavy (non-hydrogen) atoms. The molecule has 0 spiro atoms. The number of nitrogens with one attached hydrogen (secondary N) is 1. The number of anilines is 1. The highest BCUT2D eigenvalue weighted by Crippen LogP contribution is 2.28. The molecular formula is C11H7F3N2OS2. The van der Waals surface area contributed by atoms with E-state index < -0.39 is 17.8 Å². The van der Waals surface area contributed by atoms with Crippen molar-refractivity contribution < 1.29 is 18.0 Å². The van der Waals surface area contributed by atoms with Gasteiger partial charge in [-0.15, -0.1) is 24.0 Å². The molecule has 0 radical (unpaired) electrons. The van der Waals surface area contributed by atoms with Crippen molar-refractivity contribution >= 4 is 35.6 Å². The van der Waals surface area contributed by atoms with Crippen molar-refractivity contribution in [1.82, 2.24) is 4.98 Å². The minimum Gasteiger partial charge on any atom is -0.320 e. The first-order valence-corrected chi connectivity index (χ1v) is 6.31. The minimum absolute atomic E-state index is 0.201.